The van der Waals surface area contributed by atoms with Gasteiger partial charge >= 0.3 is 0 Å². The molecule has 3 aromatic carbocycles. The summed E-state index contributed by atoms with van der Waals surface area (Å²) in [7, 11) is 1.54. The summed E-state index contributed by atoms with van der Waals surface area (Å²) in [6.45, 7) is 0. The van der Waals surface area contributed by atoms with E-state index in [1.807, 2.05) is 0 Å². The minimum absolute atomic E-state index is 0.00504. The lowest BCUT2D eigenvalue weighted by atomic mass is 9.90. The van der Waals surface area contributed by atoms with Crippen LogP contribution in [0.4, 0.5) is 11.4 Å². The molecule has 3 atom stereocenters. The van der Waals surface area contributed by atoms with Gasteiger partial charge in [-0.15, -0.1) is 0 Å². The van der Waals surface area contributed by atoms with Gasteiger partial charge in [-0.2, -0.15) is 0 Å². The second kappa shape index (κ2) is 8.37. The van der Waals surface area contributed by atoms with E-state index in [1.165, 1.54) is 11.1 Å². The number of phenols is 1. The first-order chi connectivity index (χ1) is 15.9. The van der Waals surface area contributed by atoms with Gasteiger partial charge in [0, 0.05) is 15.1 Å². The largest absolute Gasteiger partial charge is 0.508 e. The van der Waals surface area contributed by atoms with Crippen molar-refractivity contribution in [2.75, 3.05) is 17.1 Å². The smallest absolute Gasteiger partial charge is 0.266 e. The van der Waals surface area contributed by atoms with Crippen molar-refractivity contribution in [1.82, 2.24) is 0 Å². The first kappa shape index (κ1) is 21.8. The lowest BCUT2D eigenvalue weighted by Crippen LogP contribution is -2.37. The van der Waals surface area contributed by atoms with Crippen LogP contribution in [0.2, 0.25) is 5.02 Å². The predicted molar refractivity (Wildman–Crippen MR) is 126 cm³/mol. The van der Waals surface area contributed by atoms with Gasteiger partial charge in [0.25, 0.3) is 5.91 Å². The number of hydrogen-bond acceptors (Lipinski definition) is 6. The van der Waals surface area contributed by atoms with Crippen LogP contribution in [0.3, 0.4) is 0 Å². The van der Waals surface area contributed by atoms with E-state index in [0.29, 0.717) is 27.7 Å². The molecule has 0 bridgehead atoms. The molecule has 0 saturated carbocycles. The van der Waals surface area contributed by atoms with Crippen LogP contribution in [0.1, 0.15) is 11.6 Å². The predicted octanol–water partition coefficient (Wildman–Crippen LogP) is 4.87. The van der Waals surface area contributed by atoms with Gasteiger partial charge in [0.05, 0.1) is 24.5 Å². The molecule has 1 N–H and O–H groups in total. The van der Waals surface area contributed by atoms with E-state index in [-0.39, 0.29) is 5.75 Å². The van der Waals surface area contributed by atoms with Crippen molar-refractivity contribution in [2.24, 2.45) is 5.92 Å². The van der Waals surface area contributed by atoms with E-state index >= 15 is 0 Å². The Labute approximate surface area is 203 Å². The van der Waals surface area contributed by atoms with Crippen molar-refractivity contribution in [3.05, 3.63) is 81.8 Å². The lowest BCUT2D eigenvalue weighted by molar-refractivity contribution is -0.126. The summed E-state index contributed by atoms with van der Waals surface area (Å²) < 4.78 is 5.89. The van der Waals surface area contributed by atoms with Crippen molar-refractivity contribution >= 4 is 50.7 Å². The molecule has 33 heavy (non-hydrogen) atoms. The third kappa shape index (κ3) is 3.64. The Morgan fingerprint density at radius 1 is 0.970 bits per heavy atom. The van der Waals surface area contributed by atoms with Gasteiger partial charge in [-0.05, 0) is 66.7 Å². The second-order valence-corrected chi connectivity index (χ2v) is 9.06. The van der Waals surface area contributed by atoms with Crippen molar-refractivity contribution in [3.63, 3.8) is 0 Å². The molecule has 2 fully saturated rings. The number of benzene rings is 3. The maximum atomic E-state index is 13.6. The lowest BCUT2D eigenvalue weighted by Gasteiger charge is -2.29. The molecule has 7 nitrogen and oxygen atoms in total. The van der Waals surface area contributed by atoms with Crippen LogP contribution >= 0.6 is 27.5 Å². The average Bonchev–Trinajstić information content (AvgIpc) is 3.32. The van der Waals surface area contributed by atoms with E-state index in [9.17, 15) is 14.7 Å². The number of halogens is 2. The molecule has 2 amide bonds. The first-order valence-electron chi connectivity index (χ1n) is 10.1. The number of fused-ring (bicyclic) bond motifs is 1. The topological polar surface area (TPSA) is 79.3 Å². The van der Waals surface area contributed by atoms with Gasteiger partial charge in [-0.25, -0.2) is 9.96 Å². The highest BCUT2D eigenvalue weighted by atomic mass is 79.9. The number of phenolic OH excluding ortho intramolecular Hbond substituents is 1. The van der Waals surface area contributed by atoms with Gasteiger partial charge in [0.1, 0.15) is 17.4 Å². The monoisotopic (exact) mass is 528 g/mol. The Bertz CT molecular complexity index is 1230. The molecule has 0 aromatic heterocycles. The van der Waals surface area contributed by atoms with Crippen molar-refractivity contribution < 1.29 is 24.3 Å². The normalized spacial score (nSPS) is 22.1. The van der Waals surface area contributed by atoms with Crippen LogP contribution in [-0.2, 0) is 14.4 Å². The summed E-state index contributed by atoms with van der Waals surface area (Å²) in [5.41, 5.74) is 1.50. The molecular formula is C24H18BrClN2O5. The minimum Gasteiger partial charge on any atom is -0.508 e. The quantitative estimate of drug-likeness (QED) is 0.486. The fourth-order valence-corrected chi connectivity index (χ4v) is 4.80. The Morgan fingerprint density at radius 3 is 2.30 bits per heavy atom. The molecule has 2 saturated heterocycles. The highest BCUT2D eigenvalue weighted by Gasteiger charge is 2.60. The third-order valence-corrected chi connectivity index (χ3v) is 6.58. The number of anilines is 2. The number of imide groups is 1. The summed E-state index contributed by atoms with van der Waals surface area (Å²) in [5, 5.41) is 12.7. The Kier molecular flexibility index (Phi) is 5.52. The van der Waals surface area contributed by atoms with Gasteiger partial charge in [-0.3, -0.25) is 14.4 Å². The van der Waals surface area contributed by atoms with Gasteiger partial charge in [0.15, 0.2) is 6.10 Å². The highest BCUT2D eigenvalue weighted by molar-refractivity contribution is 9.10. The molecule has 0 aliphatic carbocycles. The average molecular weight is 530 g/mol. The Morgan fingerprint density at radius 2 is 1.64 bits per heavy atom. The second-order valence-electron chi connectivity index (χ2n) is 7.71. The van der Waals surface area contributed by atoms with E-state index in [4.69, 9.17) is 21.2 Å². The number of ether oxygens (including phenoxy) is 1. The van der Waals surface area contributed by atoms with E-state index in [1.54, 1.807) is 67.8 Å². The number of hydroxylamine groups is 1. The number of nitrogens with zero attached hydrogens (tertiary/aromatic N) is 2. The molecule has 3 aromatic rings. The zero-order chi connectivity index (χ0) is 23.3. The van der Waals surface area contributed by atoms with E-state index < -0.39 is 29.9 Å². The number of carbonyl (C=O) groups excluding carboxylic acids is 2. The minimum atomic E-state index is -1.04. The molecule has 2 aliphatic heterocycles. The summed E-state index contributed by atoms with van der Waals surface area (Å²) >= 11 is 9.47. The van der Waals surface area contributed by atoms with E-state index in [2.05, 4.69) is 15.9 Å². The van der Waals surface area contributed by atoms with Gasteiger partial charge in [-0.1, -0.05) is 27.5 Å². The fourth-order valence-electron chi connectivity index (χ4n) is 4.29. The molecule has 2 aliphatic rings. The SMILES string of the molecule is COc1ccc(N2C(=O)[C@H]3[C@H](ON(c4ccc(Cl)cc4)[C@H]3c3cc(Br)ccc3O)C2=O)cc1. The number of rotatable bonds is 4. The highest BCUT2D eigenvalue weighted by Crippen LogP contribution is 2.49. The maximum Gasteiger partial charge on any atom is 0.266 e. The van der Waals surface area contributed by atoms with E-state index in [0.717, 1.165) is 9.37 Å². The van der Waals surface area contributed by atoms with Crippen LogP contribution in [0.5, 0.6) is 11.5 Å². The standard InChI is InChI=1S/C24H18BrClN2O5/c1-32-17-9-7-15(8-10-17)27-23(30)20-21(18-12-13(25)2-11-19(18)29)28(33-22(20)24(27)31)16-5-3-14(26)4-6-16/h2-12,20-22,29H,1H3/t20-,21+,22+/m1/s1. The number of methoxy groups -OCH3 is 1. The first-order valence-corrected chi connectivity index (χ1v) is 11.3. The van der Waals surface area contributed by atoms with Gasteiger partial charge in [0.2, 0.25) is 5.91 Å². The molecule has 2 heterocycles. The number of aromatic hydroxyl groups is 1. The number of amides is 2. The summed E-state index contributed by atoms with van der Waals surface area (Å²) in [5.74, 6) is -1.13. The molecule has 0 unspecified atom stereocenters. The van der Waals surface area contributed by atoms with Gasteiger partial charge < -0.3 is 9.84 Å². The van der Waals surface area contributed by atoms with Crippen LogP contribution in [0.25, 0.3) is 0 Å². The summed E-state index contributed by atoms with van der Waals surface area (Å²) in [6.07, 6.45) is -1.04. The van der Waals surface area contributed by atoms with Crippen LogP contribution in [-0.4, -0.2) is 30.1 Å². The number of carbonyl (C=O) groups is 2. The zero-order valence-corrected chi connectivity index (χ0v) is 19.7. The molecule has 0 radical (unpaired) electrons. The molecule has 168 valence electrons. The van der Waals surface area contributed by atoms with Crippen molar-refractivity contribution in [1.29, 1.82) is 0 Å². The molecular weight excluding hydrogens is 512 g/mol. The molecule has 0 spiro atoms. The van der Waals surface area contributed by atoms with Crippen molar-refractivity contribution in [2.45, 2.75) is 12.1 Å². The maximum absolute atomic E-state index is 13.6. The Hall–Kier alpha value is -3.07. The van der Waals surface area contributed by atoms with Crippen LogP contribution in [0.15, 0.2) is 71.2 Å². The molecule has 9 heteroatoms. The zero-order valence-electron chi connectivity index (χ0n) is 17.3. The fraction of sp³-hybridized carbons (Fsp3) is 0.167. The Balaban J connectivity index is 1.59. The molecule has 5 rings (SSSR count). The third-order valence-electron chi connectivity index (χ3n) is 5.84. The van der Waals surface area contributed by atoms with Crippen LogP contribution < -0.4 is 14.7 Å². The summed E-state index contributed by atoms with van der Waals surface area (Å²) in [4.78, 5) is 34.2. The van der Waals surface area contributed by atoms with Crippen molar-refractivity contribution in [3.8, 4) is 11.5 Å². The van der Waals surface area contributed by atoms with Crippen LogP contribution in [0, 0.1) is 5.92 Å². The summed E-state index contributed by atoms with van der Waals surface area (Å²) in [6, 6.07) is 17.7. The number of hydrogen-bond donors (Lipinski definition) is 1.